The van der Waals surface area contributed by atoms with Crippen LogP contribution in [0.15, 0.2) is 41.2 Å². The van der Waals surface area contributed by atoms with E-state index < -0.39 is 0 Å². The molecule has 92 valence electrons. The summed E-state index contributed by atoms with van der Waals surface area (Å²) in [6.45, 7) is 0. The molecule has 0 bridgehead atoms. The number of nitrogens with one attached hydrogen (secondary N) is 1. The molecule has 0 atom stereocenters. The highest BCUT2D eigenvalue weighted by Crippen LogP contribution is 2.28. The van der Waals surface area contributed by atoms with Gasteiger partial charge in [-0.15, -0.1) is 22.7 Å². The van der Waals surface area contributed by atoms with Crippen molar-refractivity contribution < 1.29 is 0 Å². The minimum atomic E-state index is 0.646. The number of nitriles is 1. The van der Waals surface area contributed by atoms with Crippen LogP contribution < -0.4 is 5.32 Å². The number of hydrogen-bond donors (Lipinski definition) is 1. The smallest absolute Gasteiger partial charge is 0.187 e. The van der Waals surface area contributed by atoms with Crippen LogP contribution in [0.5, 0.6) is 0 Å². The lowest BCUT2D eigenvalue weighted by atomic mass is 10.2. The number of aromatic nitrogens is 2. The monoisotopic (exact) mass is 284 g/mol. The summed E-state index contributed by atoms with van der Waals surface area (Å²) >= 11 is 3.10. The molecule has 0 aliphatic carbocycles. The maximum atomic E-state index is 8.74. The van der Waals surface area contributed by atoms with E-state index in [1.165, 1.54) is 11.3 Å². The molecule has 0 aliphatic heterocycles. The van der Waals surface area contributed by atoms with Gasteiger partial charge in [0.25, 0.3) is 0 Å². The first kappa shape index (κ1) is 11.8. The molecule has 0 saturated heterocycles. The molecule has 0 saturated carbocycles. The van der Waals surface area contributed by atoms with Crippen molar-refractivity contribution in [2.24, 2.45) is 0 Å². The zero-order chi connectivity index (χ0) is 13.1. The van der Waals surface area contributed by atoms with E-state index in [9.17, 15) is 0 Å². The lowest BCUT2D eigenvalue weighted by molar-refractivity contribution is 1.33. The zero-order valence-electron chi connectivity index (χ0n) is 9.70. The Kier molecular flexibility index (Phi) is 3.23. The molecule has 0 unspecified atom stereocenters. The van der Waals surface area contributed by atoms with Crippen LogP contribution in [0.2, 0.25) is 0 Å². The minimum Gasteiger partial charge on any atom is -0.332 e. The predicted molar refractivity (Wildman–Crippen MR) is 77.7 cm³/mol. The highest BCUT2D eigenvalue weighted by atomic mass is 32.1. The largest absolute Gasteiger partial charge is 0.332 e. The first-order valence-electron chi connectivity index (χ1n) is 5.48. The van der Waals surface area contributed by atoms with E-state index in [2.05, 4.69) is 21.4 Å². The first-order valence-corrected chi connectivity index (χ1v) is 7.23. The van der Waals surface area contributed by atoms with Crippen molar-refractivity contribution in [2.45, 2.75) is 0 Å². The van der Waals surface area contributed by atoms with Crippen molar-refractivity contribution in [3.8, 4) is 16.8 Å². The Morgan fingerprint density at radius 3 is 2.68 bits per heavy atom. The minimum absolute atomic E-state index is 0.646. The molecule has 3 rings (SSSR count). The Morgan fingerprint density at radius 1 is 1.16 bits per heavy atom. The van der Waals surface area contributed by atoms with Crippen LogP contribution in [-0.2, 0) is 0 Å². The third kappa shape index (κ3) is 2.62. The maximum absolute atomic E-state index is 8.74. The van der Waals surface area contributed by atoms with Gasteiger partial charge in [-0.3, -0.25) is 0 Å². The molecule has 0 radical (unpaired) electrons. The molecular weight excluding hydrogens is 276 g/mol. The highest BCUT2D eigenvalue weighted by Gasteiger charge is 2.06. The predicted octanol–water partition coefficient (Wildman–Crippen LogP) is 3.88. The van der Waals surface area contributed by atoms with Gasteiger partial charge in [-0.05, 0) is 24.3 Å². The fourth-order valence-electron chi connectivity index (χ4n) is 1.53. The molecule has 6 heteroatoms. The van der Waals surface area contributed by atoms with Crippen LogP contribution in [0.25, 0.3) is 10.7 Å². The van der Waals surface area contributed by atoms with Gasteiger partial charge in [0.05, 0.1) is 11.6 Å². The number of thiazole rings is 2. The summed E-state index contributed by atoms with van der Waals surface area (Å²) < 4.78 is 0. The van der Waals surface area contributed by atoms with Gasteiger partial charge < -0.3 is 5.32 Å². The van der Waals surface area contributed by atoms with E-state index in [4.69, 9.17) is 5.26 Å². The first-order chi connectivity index (χ1) is 9.35. The van der Waals surface area contributed by atoms with E-state index in [0.29, 0.717) is 5.56 Å². The van der Waals surface area contributed by atoms with E-state index in [-0.39, 0.29) is 0 Å². The molecule has 0 spiro atoms. The van der Waals surface area contributed by atoms with Gasteiger partial charge in [0, 0.05) is 22.6 Å². The molecule has 1 N–H and O–H groups in total. The summed E-state index contributed by atoms with van der Waals surface area (Å²) in [6.07, 6.45) is 1.77. The van der Waals surface area contributed by atoms with Crippen LogP contribution in [0.3, 0.4) is 0 Å². The normalized spacial score (nSPS) is 10.1. The number of nitrogens with zero attached hydrogens (tertiary/aromatic N) is 3. The van der Waals surface area contributed by atoms with Gasteiger partial charge >= 0.3 is 0 Å². The van der Waals surface area contributed by atoms with Gasteiger partial charge in [0.2, 0.25) is 0 Å². The molecule has 0 fully saturated rings. The fraction of sp³-hybridized carbons (Fsp3) is 0. The van der Waals surface area contributed by atoms with Crippen molar-refractivity contribution in [3.63, 3.8) is 0 Å². The zero-order valence-corrected chi connectivity index (χ0v) is 11.3. The van der Waals surface area contributed by atoms with Crippen molar-refractivity contribution >= 4 is 33.5 Å². The molecule has 2 heterocycles. The van der Waals surface area contributed by atoms with Crippen molar-refractivity contribution in [2.75, 3.05) is 5.32 Å². The molecule has 0 aliphatic rings. The third-order valence-electron chi connectivity index (χ3n) is 2.42. The second-order valence-corrected chi connectivity index (χ2v) is 5.44. The summed E-state index contributed by atoms with van der Waals surface area (Å²) in [4.78, 5) is 8.71. The van der Waals surface area contributed by atoms with E-state index in [0.717, 1.165) is 21.5 Å². The van der Waals surface area contributed by atoms with E-state index in [1.807, 2.05) is 22.9 Å². The second kappa shape index (κ2) is 5.18. The van der Waals surface area contributed by atoms with E-state index >= 15 is 0 Å². The summed E-state index contributed by atoms with van der Waals surface area (Å²) in [5.74, 6) is 0. The fourth-order valence-corrected chi connectivity index (χ4v) is 2.92. The number of benzene rings is 1. The van der Waals surface area contributed by atoms with Gasteiger partial charge in [-0.25, -0.2) is 9.97 Å². The summed E-state index contributed by atoms with van der Waals surface area (Å²) in [7, 11) is 0. The number of rotatable bonds is 3. The Bertz CT molecular complexity index is 708. The molecule has 19 heavy (non-hydrogen) atoms. The topological polar surface area (TPSA) is 61.6 Å². The maximum Gasteiger partial charge on any atom is 0.187 e. The standard InChI is InChI=1S/C13H8N4S2/c14-7-9-1-3-10(4-2-9)16-13-17-11(8-19-13)12-15-5-6-18-12/h1-6,8H,(H,16,17). The van der Waals surface area contributed by atoms with Gasteiger partial charge in [-0.1, -0.05) is 0 Å². The SMILES string of the molecule is N#Cc1ccc(Nc2nc(-c3nccs3)cs2)cc1. The van der Waals surface area contributed by atoms with Gasteiger partial charge in [0.1, 0.15) is 10.7 Å². The molecule has 2 aromatic heterocycles. The molecular formula is C13H8N4S2. The lowest BCUT2D eigenvalue weighted by Gasteiger charge is -2.01. The Balaban J connectivity index is 1.78. The number of anilines is 2. The highest BCUT2D eigenvalue weighted by molar-refractivity contribution is 7.15. The summed E-state index contributed by atoms with van der Waals surface area (Å²) in [5, 5.41) is 17.6. The molecule has 0 amide bonds. The molecule has 4 nitrogen and oxygen atoms in total. The van der Waals surface area contributed by atoms with Crippen molar-refractivity contribution in [1.29, 1.82) is 5.26 Å². The van der Waals surface area contributed by atoms with Crippen LogP contribution in [0.4, 0.5) is 10.8 Å². The Morgan fingerprint density at radius 2 is 2.00 bits per heavy atom. The van der Waals surface area contributed by atoms with Crippen LogP contribution >= 0.6 is 22.7 Å². The van der Waals surface area contributed by atoms with Crippen molar-refractivity contribution in [3.05, 3.63) is 46.8 Å². The van der Waals surface area contributed by atoms with E-state index in [1.54, 1.807) is 29.7 Å². The Labute approximate surface area is 118 Å². The van der Waals surface area contributed by atoms with Crippen LogP contribution in [-0.4, -0.2) is 9.97 Å². The number of hydrogen-bond acceptors (Lipinski definition) is 6. The van der Waals surface area contributed by atoms with Gasteiger partial charge in [0.15, 0.2) is 5.13 Å². The quantitative estimate of drug-likeness (QED) is 0.792. The average Bonchev–Trinajstić information content (AvgIpc) is 3.10. The second-order valence-electron chi connectivity index (χ2n) is 3.69. The average molecular weight is 284 g/mol. The van der Waals surface area contributed by atoms with Gasteiger partial charge in [-0.2, -0.15) is 5.26 Å². The van der Waals surface area contributed by atoms with Crippen LogP contribution in [0.1, 0.15) is 5.56 Å². The summed E-state index contributed by atoms with van der Waals surface area (Å²) in [5.41, 5.74) is 2.45. The Hall–Kier alpha value is -2.23. The molecule has 1 aromatic carbocycles. The van der Waals surface area contributed by atoms with Crippen molar-refractivity contribution in [1.82, 2.24) is 9.97 Å². The van der Waals surface area contributed by atoms with Crippen LogP contribution in [0, 0.1) is 11.3 Å². The summed E-state index contributed by atoms with van der Waals surface area (Å²) in [6, 6.07) is 9.37. The third-order valence-corrected chi connectivity index (χ3v) is 3.97. The lowest BCUT2D eigenvalue weighted by Crippen LogP contribution is -1.89. The molecule has 3 aromatic rings.